The van der Waals surface area contributed by atoms with Gasteiger partial charge in [-0.3, -0.25) is 9.59 Å². The number of ketones is 1. The third-order valence-electron chi connectivity index (χ3n) is 7.68. The summed E-state index contributed by atoms with van der Waals surface area (Å²) in [6, 6.07) is 27.1. The number of amides is 1. The fraction of sp³-hybridized carbons (Fsp3) is 0.235. The number of hydrogen-bond donors (Lipinski definition) is 2. The van der Waals surface area contributed by atoms with Crippen molar-refractivity contribution in [2.24, 2.45) is 5.41 Å². The molecule has 0 bridgehead atoms. The van der Waals surface area contributed by atoms with E-state index in [0.29, 0.717) is 23.6 Å². The lowest BCUT2D eigenvalue weighted by Gasteiger charge is -2.40. The molecule has 6 heteroatoms. The van der Waals surface area contributed by atoms with Crippen molar-refractivity contribution in [1.29, 1.82) is 0 Å². The highest BCUT2D eigenvalue weighted by atomic mass is 16.5. The molecule has 2 N–H and O–H groups in total. The number of nitrogens with one attached hydrogen (secondary N) is 2. The molecule has 40 heavy (non-hydrogen) atoms. The van der Waals surface area contributed by atoms with Gasteiger partial charge < -0.3 is 20.1 Å². The molecule has 6 nitrogen and oxygen atoms in total. The lowest BCUT2D eigenvalue weighted by molar-refractivity contribution is -0.118. The molecule has 0 fully saturated rings. The Balaban J connectivity index is 1.34. The summed E-state index contributed by atoms with van der Waals surface area (Å²) in [4.78, 5) is 26.1. The van der Waals surface area contributed by atoms with Crippen molar-refractivity contribution in [3.05, 3.63) is 102 Å². The summed E-state index contributed by atoms with van der Waals surface area (Å²) in [6.45, 7) is 4.18. The Morgan fingerprint density at radius 1 is 0.950 bits per heavy atom. The average molecular weight is 533 g/mol. The average Bonchev–Trinajstić information content (AvgIpc) is 2.95. The van der Waals surface area contributed by atoms with Crippen molar-refractivity contribution in [3.8, 4) is 11.5 Å². The number of anilines is 2. The molecule has 4 aromatic carbocycles. The van der Waals surface area contributed by atoms with Crippen LogP contribution in [0, 0.1) is 5.41 Å². The zero-order valence-electron chi connectivity index (χ0n) is 22.9. The van der Waals surface area contributed by atoms with E-state index in [1.54, 1.807) is 13.2 Å². The number of ether oxygens (including phenoxy) is 2. The molecule has 0 saturated carbocycles. The van der Waals surface area contributed by atoms with Crippen LogP contribution in [0.1, 0.15) is 43.9 Å². The van der Waals surface area contributed by atoms with E-state index in [4.69, 9.17) is 9.47 Å². The second kappa shape index (κ2) is 10.2. The van der Waals surface area contributed by atoms with E-state index >= 15 is 0 Å². The van der Waals surface area contributed by atoms with Crippen molar-refractivity contribution in [1.82, 2.24) is 0 Å². The third-order valence-corrected chi connectivity index (χ3v) is 7.68. The van der Waals surface area contributed by atoms with Crippen molar-refractivity contribution < 1.29 is 19.1 Å². The molecule has 6 rings (SSSR count). The lowest BCUT2D eigenvalue weighted by Crippen LogP contribution is -2.33. The van der Waals surface area contributed by atoms with E-state index in [9.17, 15) is 9.59 Å². The van der Waals surface area contributed by atoms with Crippen LogP contribution in [0.2, 0.25) is 0 Å². The van der Waals surface area contributed by atoms with E-state index in [-0.39, 0.29) is 29.8 Å². The van der Waals surface area contributed by atoms with Gasteiger partial charge in [0.25, 0.3) is 5.91 Å². The van der Waals surface area contributed by atoms with Gasteiger partial charge in [0.05, 0.1) is 13.2 Å². The molecular weight excluding hydrogens is 500 g/mol. The van der Waals surface area contributed by atoms with E-state index < -0.39 is 0 Å². The third kappa shape index (κ3) is 4.81. The number of rotatable bonds is 6. The highest BCUT2D eigenvalue weighted by molar-refractivity contribution is 6.12. The van der Waals surface area contributed by atoms with E-state index in [1.807, 2.05) is 48.5 Å². The largest absolute Gasteiger partial charge is 0.493 e. The van der Waals surface area contributed by atoms with Crippen LogP contribution in [0.4, 0.5) is 11.4 Å². The fourth-order valence-electron chi connectivity index (χ4n) is 5.93. The van der Waals surface area contributed by atoms with Gasteiger partial charge in [0.1, 0.15) is 0 Å². The topological polar surface area (TPSA) is 76.7 Å². The van der Waals surface area contributed by atoms with Crippen LogP contribution in [0.3, 0.4) is 0 Å². The molecule has 0 saturated heterocycles. The van der Waals surface area contributed by atoms with Crippen LogP contribution in [-0.4, -0.2) is 25.4 Å². The van der Waals surface area contributed by atoms with Crippen LogP contribution < -0.4 is 20.1 Å². The standard InChI is InChI=1S/C34H32N2O4/c1-34(2)18-25-31-24-12-8-7-9-21(24)13-15-26(31)36-33(32(25)27(37)19-34)22-14-16-28(29(17-22)39-3)40-20-30(38)35-23-10-5-4-6-11-23/h4-17,33,36H,18-20H2,1-3H3,(H,35,38)/t33-/m0/s1. The first-order valence-electron chi connectivity index (χ1n) is 13.5. The van der Waals surface area contributed by atoms with E-state index in [2.05, 4.69) is 54.8 Å². The van der Waals surface area contributed by atoms with E-state index in [1.165, 1.54) is 0 Å². The van der Waals surface area contributed by atoms with Crippen LogP contribution in [0.5, 0.6) is 11.5 Å². The van der Waals surface area contributed by atoms with Gasteiger partial charge in [-0.15, -0.1) is 0 Å². The molecule has 0 aromatic heterocycles. The van der Waals surface area contributed by atoms with Gasteiger partial charge in [-0.1, -0.05) is 68.4 Å². The molecule has 1 aliphatic carbocycles. The summed E-state index contributed by atoms with van der Waals surface area (Å²) in [7, 11) is 1.57. The number of carbonyl (C=O) groups is 2. The highest BCUT2D eigenvalue weighted by Crippen LogP contribution is 2.52. The maximum Gasteiger partial charge on any atom is 0.262 e. The maximum absolute atomic E-state index is 13.7. The Kier molecular flexibility index (Phi) is 6.54. The number of hydrogen-bond acceptors (Lipinski definition) is 5. The van der Waals surface area contributed by atoms with Gasteiger partial charge in [0.15, 0.2) is 23.9 Å². The fourth-order valence-corrected chi connectivity index (χ4v) is 5.93. The Bertz CT molecular complexity index is 1660. The van der Waals surface area contributed by atoms with Crippen LogP contribution in [-0.2, 0) is 9.59 Å². The number of methoxy groups -OCH3 is 1. The van der Waals surface area contributed by atoms with Gasteiger partial charge in [0, 0.05) is 28.9 Å². The van der Waals surface area contributed by atoms with Crippen molar-refractivity contribution in [2.75, 3.05) is 24.4 Å². The van der Waals surface area contributed by atoms with E-state index in [0.717, 1.165) is 45.2 Å². The van der Waals surface area contributed by atoms with Gasteiger partial charge in [0.2, 0.25) is 0 Å². The highest BCUT2D eigenvalue weighted by Gasteiger charge is 2.41. The molecule has 0 unspecified atom stereocenters. The first-order valence-corrected chi connectivity index (χ1v) is 13.5. The zero-order chi connectivity index (χ0) is 27.9. The Labute approximate surface area is 234 Å². The van der Waals surface area contributed by atoms with Crippen LogP contribution >= 0.6 is 0 Å². The smallest absolute Gasteiger partial charge is 0.262 e. The number of Topliss-reactive ketones (excluding diaryl/α,β-unsaturated/α-hetero) is 1. The molecule has 1 aliphatic heterocycles. The number of fused-ring (bicyclic) bond motifs is 4. The molecule has 202 valence electrons. The van der Waals surface area contributed by atoms with Gasteiger partial charge in [-0.2, -0.15) is 0 Å². The van der Waals surface area contributed by atoms with Crippen molar-refractivity contribution in [2.45, 2.75) is 32.7 Å². The molecule has 0 radical (unpaired) electrons. The minimum absolute atomic E-state index is 0.123. The number of benzene rings is 4. The summed E-state index contributed by atoms with van der Waals surface area (Å²) >= 11 is 0. The predicted octanol–water partition coefficient (Wildman–Crippen LogP) is 7.18. The molecule has 0 spiro atoms. The molecule has 2 aliphatic rings. The molecule has 1 atom stereocenters. The van der Waals surface area contributed by atoms with Gasteiger partial charge in [-0.25, -0.2) is 0 Å². The second-order valence-corrected chi connectivity index (χ2v) is 11.2. The van der Waals surface area contributed by atoms with Crippen molar-refractivity contribution in [3.63, 3.8) is 0 Å². The monoisotopic (exact) mass is 532 g/mol. The first-order chi connectivity index (χ1) is 19.3. The summed E-state index contributed by atoms with van der Waals surface area (Å²) < 4.78 is 11.5. The first kappa shape index (κ1) is 25.7. The molecule has 1 amide bonds. The normalized spacial score (nSPS) is 17.5. The minimum Gasteiger partial charge on any atom is -0.493 e. The zero-order valence-corrected chi connectivity index (χ0v) is 22.9. The second-order valence-electron chi connectivity index (χ2n) is 11.2. The quantitative estimate of drug-likeness (QED) is 0.275. The number of carbonyl (C=O) groups excluding carboxylic acids is 2. The Hall–Kier alpha value is -4.58. The van der Waals surface area contributed by atoms with Crippen molar-refractivity contribution >= 4 is 39.4 Å². The predicted molar refractivity (Wildman–Crippen MR) is 159 cm³/mol. The number of allylic oxidation sites excluding steroid dienone is 1. The molecular formula is C34H32N2O4. The van der Waals surface area contributed by atoms with Crippen LogP contribution in [0.15, 0.2) is 90.5 Å². The Morgan fingerprint density at radius 3 is 2.52 bits per heavy atom. The maximum atomic E-state index is 13.7. The number of para-hydroxylation sites is 1. The van der Waals surface area contributed by atoms with Crippen LogP contribution in [0.25, 0.3) is 16.3 Å². The summed E-state index contributed by atoms with van der Waals surface area (Å²) in [5.41, 5.74) is 5.57. The lowest BCUT2D eigenvalue weighted by atomic mass is 9.68. The molecule has 1 heterocycles. The summed E-state index contributed by atoms with van der Waals surface area (Å²) in [6.07, 6.45) is 1.32. The molecule has 4 aromatic rings. The Morgan fingerprint density at radius 2 is 1.73 bits per heavy atom. The minimum atomic E-state index is -0.323. The van der Waals surface area contributed by atoms with Gasteiger partial charge in [-0.05, 0) is 64.1 Å². The van der Waals surface area contributed by atoms with Gasteiger partial charge >= 0.3 is 0 Å². The SMILES string of the molecule is COc1cc([C@@H]2Nc3ccc4ccccc4c3C3=C2C(=O)CC(C)(C)C3)ccc1OCC(=O)Nc1ccccc1. The summed E-state index contributed by atoms with van der Waals surface area (Å²) in [5.74, 6) is 0.864. The summed E-state index contributed by atoms with van der Waals surface area (Å²) in [5, 5.41) is 8.80.